The van der Waals surface area contributed by atoms with Crippen molar-refractivity contribution >= 4 is 11.5 Å². The number of benzene rings is 1. The first-order chi connectivity index (χ1) is 13.6. The fourth-order valence-electron chi connectivity index (χ4n) is 3.52. The maximum Gasteiger partial charge on any atom is 0.169 e. The molecule has 2 fully saturated rings. The third-order valence-electron chi connectivity index (χ3n) is 5.15. The first-order valence-corrected chi connectivity index (χ1v) is 10.0. The molecule has 6 heteroatoms. The molecule has 4 rings (SSSR count). The summed E-state index contributed by atoms with van der Waals surface area (Å²) in [5, 5.41) is 21.7. The van der Waals surface area contributed by atoms with Gasteiger partial charge in [-0.2, -0.15) is 0 Å². The van der Waals surface area contributed by atoms with Crippen LogP contribution in [0.1, 0.15) is 33.6 Å². The molecule has 2 saturated heterocycles. The van der Waals surface area contributed by atoms with Gasteiger partial charge in [0.25, 0.3) is 0 Å². The van der Waals surface area contributed by atoms with E-state index in [1.807, 2.05) is 39.0 Å². The van der Waals surface area contributed by atoms with Crippen LogP contribution in [0, 0.1) is 5.41 Å². The molecule has 2 aromatic rings. The van der Waals surface area contributed by atoms with Crippen LogP contribution >= 0.6 is 0 Å². The molecule has 2 aliphatic rings. The summed E-state index contributed by atoms with van der Waals surface area (Å²) in [6.45, 7) is 13.5. The number of para-hydroxylation sites is 1. The van der Waals surface area contributed by atoms with Crippen molar-refractivity contribution in [2.75, 3.05) is 36.8 Å². The van der Waals surface area contributed by atoms with Gasteiger partial charge in [0.05, 0.1) is 11.4 Å². The molecule has 0 bridgehead atoms. The van der Waals surface area contributed by atoms with Crippen molar-refractivity contribution in [3.05, 3.63) is 43.0 Å². The second-order valence-corrected chi connectivity index (χ2v) is 7.02. The van der Waals surface area contributed by atoms with Crippen LogP contribution in [0.2, 0.25) is 0 Å². The quantitative estimate of drug-likeness (QED) is 0.683. The predicted octanol–water partition coefficient (Wildman–Crippen LogP) is 3.84. The lowest BCUT2D eigenvalue weighted by Gasteiger charge is -2.49. The first-order valence-electron chi connectivity index (χ1n) is 10.0. The Morgan fingerprint density at radius 3 is 2.32 bits per heavy atom. The molecule has 3 heterocycles. The number of nitrogens with two attached hydrogens (primary N) is 1. The van der Waals surface area contributed by atoms with Crippen LogP contribution in [0.5, 0.6) is 5.75 Å². The van der Waals surface area contributed by atoms with Crippen molar-refractivity contribution in [3.8, 4) is 17.0 Å². The molecule has 4 N–H and O–H groups in total. The number of hydrogen-bond donors (Lipinski definition) is 3. The lowest BCUT2D eigenvalue weighted by Crippen LogP contribution is -2.58. The number of nitrogens with one attached hydrogen (secondary N) is 1. The maximum atomic E-state index is 10.0. The lowest BCUT2D eigenvalue weighted by molar-refractivity contribution is 0.126. The normalized spacial score (nSPS) is 16.8. The zero-order valence-corrected chi connectivity index (χ0v) is 17.3. The molecule has 0 radical (unpaired) electrons. The Morgan fingerprint density at radius 1 is 1.18 bits per heavy atom. The summed E-state index contributed by atoms with van der Waals surface area (Å²) in [4.78, 5) is 2.29. The molecular weight excluding hydrogens is 350 g/mol. The van der Waals surface area contributed by atoms with Gasteiger partial charge < -0.3 is 21.1 Å². The van der Waals surface area contributed by atoms with E-state index in [-0.39, 0.29) is 5.75 Å². The number of allylic oxidation sites excluding steroid dienone is 1. The number of rotatable bonds is 2. The van der Waals surface area contributed by atoms with E-state index in [2.05, 4.69) is 27.0 Å². The summed E-state index contributed by atoms with van der Waals surface area (Å²) in [7, 11) is 0. The van der Waals surface area contributed by atoms with Crippen molar-refractivity contribution in [2.45, 2.75) is 33.6 Å². The molecule has 152 valence electrons. The number of piperidine rings is 1. The predicted molar refractivity (Wildman–Crippen MR) is 118 cm³/mol. The van der Waals surface area contributed by atoms with Gasteiger partial charge in [-0.25, -0.2) is 0 Å². The SMILES string of the molecule is C=CC.CC.Nc1nnc(-c2ccccc2O)cc1N1CCC2(CC1)CNC2. The van der Waals surface area contributed by atoms with Gasteiger partial charge in [-0.3, -0.25) is 0 Å². The summed E-state index contributed by atoms with van der Waals surface area (Å²) >= 11 is 0. The molecule has 0 unspecified atom stereocenters. The van der Waals surface area contributed by atoms with Crippen molar-refractivity contribution in [2.24, 2.45) is 5.41 Å². The summed E-state index contributed by atoms with van der Waals surface area (Å²) in [6.07, 6.45) is 4.10. The largest absolute Gasteiger partial charge is 0.507 e. The number of anilines is 2. The maximum absolute atomic E-state index is 10.0. The van der Waals surface area contributed by atoms with Crippen molar-refractivity contribution < 1.29 is 5.11 Å². The number of phenolic OH excluding ortho intramolecular Hbond substituents is 1. The van der Waals surface area contributed by atoms with Gasteiger partial charge >= 0.3 is 0 Å². The highest BCUT2D eigenvalue weighted by molar-refractivity contribution is 5.74. The molecule has 1 aromatic heterocycles. The molecule has 1 spiro atoms. The van der Waals surface area contributed by atoms with Crippen LogP contribution in [-0.2, 0) is 0 Å². The minimum absolute atomic E-state index is 0.204. The number of aromatic nitrogens is 2. The van der Waals surface area contributed by atoms with Crippen LogP contribution < -0.4 is 16.0 Å². The monoisotopic (exact) mass is 383 g/mol. The van der Waals surface area contributed by atoms with Crippen LogP contribution in [0.3, 0.4) is 0 Å². The highest BCUT2D eigenvalue weighted by Gasteiger charge is 2.39. The fraction of sp³-hybridized carbons (Fsp3) is 0.455. The van der Waals surface area contributed by atoms with E-state index in [1.54, 1.807) is 18.2 Å². The molecular formula is C22H33N5O. The van der Waals surface area contributed by atoms with Crippen LogP contribution in [-0.4, -0.2) is 41.5 Å². The number of hydrogen-bond acceptors (Lipinski definition) is 6. The Kier molecular flexibility index (Phi) is 7.81. The van der Waals surface area contributed by atoms with E-state index >= 15 is 0 Å². The Bertz CT molecular complexity index is 763. The molecule has 28 heavy (non-hydrogen) atoms. The fourth-order valence-corrected chi connectivity index (χ4v) is 3.52. The third kappa shape index (κ3) is 4.81. The van der Waals surface area contributed by atoms with Crippen LogP contribution in [0.4, 0.5) is 11.5 Å². The van der Waals surface area contributed by atoms with Gasteiger partial charge in [0, 0.05) is 31.7 Å². The van der Waals surface area contributed by atoms with Crippen molar-refractivity contribution in [3.63, 3.8) is 0 Å². The third-order valence-corrected chi connectivity index (χ3v) is 5.15. The second kappa shape index (κ2) is 10.1. The smallest absolute Gasteiger partial charge is 0.169 e. The van der Waals surface area contributed by atoms with E-state index in [4.69, 9.17) is 5.73 Å². The highest BCUT2D eigenvalue weighted by atomic mass is 16.3. The molecule has 0 aliphatic carbocycles. The average molecular weight is 384 g/mol. The average Bonchev–Trinajstić information content (AvgIpc) is 2.70. The van der Waals surface area contributed by atoms with E-state index < -0.39 is 0 Å². The Labute approximate surface area is 168 Å². The standard InChI is InChI=1S/C17H21N5O.C3H6.C2H6/c18-16-14(22-7-5-17(6-8-22)10-19-11-17)9-13(20-21-16)12-3-1-2-4-15(12)23;1-3-2;1-2/h1-4,9,19,23H,5-8,10-11H2,(H2,18,21);3H,1H2,2H3;1-2H3. The van der Waals surface area contributed by atoms with E-state index in [1.165, 1.54) is 12.8 Å². The minimum atomic E-state index is 0.204. The van der Waals surface area contributed by atoms with Crippen LogP contribution in [0.25, 0.3) is 11.3 Å². The van der Waals surface area contributed by atoms with E-state index in [0.29, 0.717) is 22.5 Å². The summed E-state index contributed by atoms with van der Waals surface area (Å²) in [5.41, 5.74) is 8.80. The van der Waals surface area contributed by atoms with Gasteiger partial charge in [-0.05, 0) is 43.4 Å². The summed E-state index contributed by atoms with van der Waals surface area (Å²) in [5.74, 6) is 0.655. The van der Waals surface area contributed by atoms with Gasteiger partial charge in [0.15, 0.2) is 5.82 Å². The zero-order valence-electron chi connectivity index (χ0n) is 17.3. The van der Waals surface area contributed by atoms with Gasteiger partial charge in [-0.1, -0.05) is 32.1 Å². The highest BCUT2D eigenvalue weighted by Crippen LogP contribution is 2.38. The second-order valence-electron chi connectivity index (χ2n) is 7.02. The van der Waals surface area contributed by atoms with Crippen molar-refractivity contribution in [1.82, 2.24) is 15.5 Å². The van der Waals surface area contributed by atoms with Crippen molar-refractivity contribution in [1.29, 1.82) is 0 Å². The van der Waals surface area contributed by atoms with Crippen LogP contribution in [0.15, 0.2) is 43.0 Å². The molecule has 6 nitrogen and oxygen atoms in total. The number of phenols is 1. The Hall–Kier alpha value is -2.60. The number of nitrogens with zero attached hydrogens (tertiary/aromatic N) is 3. The molecule has 0 saturated carbocycles. The molecule has 2 aliphatic heterocycles. The number of nitrogen functional groups attached to an aromatic ring is 1. The first kappa shape index (κ1) is 21.7. The van der Waals surface area contributed by atoms with Gasteiger partial charge in [0.1, 0.15) is 5.75 Å². The topological polar surface area (TPSA) is 87.3 Å². The molecule has 0 atom stereocenters. The van der Waals surface area contributed by atoms with Gasteiger partial charge in [-0.15, -0.1) is 16.8 Å². The zero-order chi connectivity index (χ0) is 20.6. The summed E-state index contributed by atoms with van der Waals surface area (Å²) < 4.78 is 0. The lowest BCUT2D eigenvalue weighted by atomic mass is 9.73. The van der Waals surface area contributed by atoms with E-state index in [0.717, 1.165) is 31.9 Å². The van der Waals surface area contributed by atoms with Gasteiger partial charge in [0.2, 0.25) is 0 Å². The molecule has 0 amide bonds. The Balaban J connectivity index is 0.000000514. The minimum Gasteiger partial charge on any atom is -0.507 e. The number of aromatic hydroxyl groups is 1. The van der Waals surface area contributed by atoms with E-state index in [9.17, 15) is 5.11 Å². The molecule has 1 aromatic carbocycles. The summed E-state index contributed by atoms with van der Waals surface area (Å²) in [6, 6.07) is 9.10. The Morgan fingerprint density at radius 2 is 1.79 bits per heavy atom.